The summed E-state index contributed by atoms with van der Waals surface area (Å²) in [5.41, 5.74) is 1.28. The van der Waals surface area contributed by atoms with Gasteiger partial charge >= 0.3 is 0 Å². The third-order valence-corrected chi connectivity index (χ3v) is 7.62. The highest BCUT2D eigenvalue weighted by atomic mass is 16.5. The molecule has 0 aromatic heterocycles. The molecule has 3 aliphatic rings. The topological polar surface area (TPSA) is 116 Å². The summed E-state index contributed by atoms with van der Waals surface area (Å²) >= 11 is 0. The van der Waals surface area contributed by atoms with E-state index in [2.05, 4.69) is 5.32 Å². The van der Waals surface area contributed by atoms with Crippen LogP contribution in [0, 0.1) is 0 Å². The van der Waals surface area contributed by atoms with E-state index in [4.69, 9.17) is 4.74 Å². The van der Waals surface area contributed by atoms with E-state index in [-0.39, 0.29) is 43.2 Å². The van der Waals surface area contributed by atoms with Crippen LogP contribution in [0.4, 0.5) is 0 Å². The molecule has 196 valence electrons. The highest BCUT2D eigenvalue weighted by molar-refractivity contribution is 5.96. The number of nitrogens with zero attached hydrogens (tertiary/aromatic N) is 1. The maximum atomic E-state index is 13.6. The molecule has 1 saturated carbocycles. The highest BCUT2D eigenvalue weighted by Gasteiger charge is 2.51. The molecule has 1 aliphatic heterocycles. The van der Waals surface area contributed by atoms with Gasteiger partial charge in [-0.15, -0.1) is 0 Å². The lowest BCUT2D eigenvalue weighted by molar-refractivity contribution is -0.141. The number of ketones is 1. The van der Waals surface area contributed by atoms with Crippen molar-refractivity contribution < 1.29 is 29.3 Å². The van der Waals surface area contributed by atoms with Gasteiger partial charge in [-0.2, -0.15) is 0 Å². The van der Waals surface area contributed by atoms with Gasteiger partial charge in [-0.1, -0.05) is 43.9 Å². The SMILES string of the molecule is CC(=O)CCCC(=O)N(C1CCCCCC1)C1C=C(C(=O)NCCO)C2c3ccccc3OC2C1O. The Morgan fingerprint density at radius 1 is 1.08 bits per heavy atom. The van der Waals surface area contributed by atoms with Gasteiger partial charge < -0.3 is 30.0 Å². The zero-order valence-corrected chi connectivity index (χ0v) is 21.0. The average molecular weight is 499 g/mol. The van der Waals surface area contributed by atoms with Crippen LogP contribution in [0.2, 0.25) is 0 Å². The van der Waals surface area contributed by atoms with Crippen LogP contribution in [0.3, 0.4) is 0 Å². The third-order valence-electron chi connectivity index (χ3n) is 7.62. The van der Waals surface area contributed by atoms with E-state index in [1.165, 1.54) is 6.92 Å². The minimum absolute atomic E-state index is 0.0456. The zero-order valence-electron chi connectivity index (χ0n) is 21.0. The Bertz CT molecular complexity index is 984. The number of carbonyl (C=O) groups excluding carboxylic acids is 3. The molecule has 1 aromatic rings. The predicted molar refractivity (Wildman–Crippen MR) is 134 cm³/mol. The van der Waals surface area contributed by atoms with Crippen molar-refractivity contribution in [2.24, 2.45) is 0 Å². The molecule has 1 fully saturated rings. The van der Waals surface area contributed by atoms with Crippen LogP contribution in [-0.2, 0) is 14.4 Å². The number of aliphatic hydroxyl groups is 2. The fraction of sp³-hybridized carbons (Fsp3) is 0.607. The van der Waals surface area contributed by atoms with Crippen molar-refractivity contribution >= 4 is 17.6 Å². The largest absolute Gasteiger partial charge is 0.486 e. The monoisotopic (exact) mass is 498 g/mol. The second-order valence-corrected chi connectivity index (χ2v) is 10.2. The molecule has 2 amide bonds. The molecule has 4 atom stereocenters. The van der Waals surface area contributed by atoms with Gasteiger partial charge in [-0.25, -0.2) is 0 Å². The number of hydrogen-bond acceptors (Lipinski definition) is 6. The van der Waals surface area contributed by atoms with Crippen LogP contribution in [0.25, 0.3) is 0 Å². The first-order valence-corrected chi connectivity index (χ1v) is 13.3. The highest BCUT2D eigenvalue weighted by Crippen LogP contribution is 2.47. The Morgan fingerprint density at radius 3 is 2.50 bits per heavy atom. The van der Waals surface area contributed by atoms with Crippen molar-refractivity contribution in [3.05, 3.63) is 41.5 Å². The summed E-state index contributed by atoms with van der Waals surface area (Å²) in [5, 5.41) is 23.6. The van der Waals surface area contributed by atoms with Gasteiger partial charge in [0.15, 0.2) is 0 Å². The third kappa shape index (κ3) is 5.65. The van der Waals surface area contributed by atoms with E-state index in [0.717, 1.165) is 44.1 Å². The number of hydrogen-bond donors (Lipinski definition) is 3. The first-order valence-electron chi connectivity index (χ1n) is 13.3. The first-order chi connectivity index (χ1) is 17.4. The van der Waals surface area contributed by atoms with E-state index in [1.807, 2.05) is 24.3 Å². The van der Waals surface area contributed by atoms with Crippen molar-refractivity contribution in [1.82, 2.24) is 10.2 Å². The number of fused-ring (bicyclic) bond motifs is 3. The van der Waals surface area contributed by atoms with Crippen LogP contribution < -0.4 is 10.1 Å². The Balaban J connectivity index is 1.71. The van der Waals surface area contributed by atoms with Gasteiger partial charge in [0, 0.05) is 36.6 Å². The smallest absolute Gasteiger partial charge is 0.247 e. The quantitative estimate of drug-likeness (QED) is 0.451. The van der Waals surface area contributed by atoms with Gasteiger partial charge in [0.1, 0.15) is 23.7 Å². The van der Waals surface area contributed by atoms with Gasteiger partial charge in [0.05, 0.1) is 18.6 Å². The molecule has 4 unspecified atom stereocenters. The fourth-order valence-corrected chi connectivity index (χ4v) is 5.93. The number of rotatable bonds is 9. The van der Waals surface area contributed by atoms with Crippen molar-refractivity contribution in [1.29, 1.82) is 0 Å². The lowest BCUT2D eigenvalue weighted by atomic mass is 9.77. The van der Waals surface area contributed by atoms with E-state index in [0.29, 0.717) is 24.2 Å². The lowest BCUT2D eigenvalue weighted by Gasteiger charge is -2.44. The Labute approximate surface area is 212 Å². The van der Waals surface area contributed by atoms with Crippen molar-refractivity contribution in [2.75, 3.05) is 13.2 Å². The van der Waals surface area contributed by atoms with Crippen LogP contribution >= 0.6 is 0 Å². The summed E-state index contributed by atoms with van der Waals surface area (Å²) in [6, 6.07) is 6.69. The normalized spacial score (nSPS) is 25.6. The van der Waals surface area contributed by atoms with Gasteiger partial charge in [0.25, 0.3) is 0 Å². The maximum Gasteiger partial charge on any atom is 0.247 e. The number of nitrogens with one attached hydrogen (secondary N) is 1. The molecule has 0 spiro atoms. The van der Waals surface area contributed by atoms with Crippen LogP contribution in [-0.4, -0.2) is 70.2 Å². The Morgan fingerprint density at radius 2 is 1.81 bits per heavy atom. The number of para-hydroxylation sites is 1. The number of ether oxygens (including phenoxy) is 1. The number of carbonyl (C=O) groups is 3. The van der Waals surface area contributed by atoms with Crippen LogP contribution in [0.15, 0.2) is 35.9 Å². The number of Topliss-reactive ketones (excluding diaryl/α,β-unsaturated/α-hetero) is 1. The van der Waals surface area contributed by atoms with E-state index in [9.17, 15) is 24.6 Å². The minimum atomic E-state index is -1.02. The standard InChI is InChI=1S/C28H38N2O6/c1-18(32)9-8-14-24(33)30(19-10-4-2-3-5-11-19)22-17-21(28(35)29-15-16-31)25-20-12-6-7-13-23(20)36-27(25)26(22)34/h6-7,12-13,17,19,22,25-27,31,34H,2-5,8-11,14-16H2,1H3,(H,29,35). The van der Waals surface area contributed by atoms with E-state index < -0.39 is 24.2 Å². The Hall–Kier alpha value is -2.71. The van der Waals surface area contributed by atoms with Crippen molar-refractivity contribution in [2.45, 2.75) is 94.9 Å². The van der Waals surface area contributed by atoms with Crippen LogP contribution in [0.5, 0.6) is 5.75 Å². The molecular formula is C28H38N2O6. The molecule has 1 heterocycles. The van der Waals surface area contributed by atoms with Gasteiger partial charge in [-0.05, 0) is 38.3 Å². The second kappa shape index (κ2) is 12.0. The lowest BCUT2D eigenvalue weighted by Crippen LogP contribution is -2.58. The molecule has 1 aromatic carbocycles. The summed E-state index contributed by atoms with van der Waals surface area (Å²) in [6.45, 7) is 1.45. The van der Waals surface area contributed by atoms with Gasteiger partial charge in [-0.3, -0.25) is 9.59 Å². The number of amides is 2. The average Bonchev–Trinajstić information content (AvgIpc) is 3.05. The molecule has 4 rings (SSSR count). The zero-order chi connectivity index (χ0) is 25.7. The summed E-state index contributed by atoms with van der Waals surface area (Å²) < 4.78 is 6.19. The van der Waals surface area contributed by atoms with Crippen LogP contribution in [0.1, 0.15) is 76.2 Å². The predicted octanol–water partition coefficient (Wildman–Crippen LogP) is 2.62. The summed E-state index contributed by atoms with van der Waals surface area (Å²) in [4.78, 5) is 40.2. The number of benzene rings is 1. The molecular weight excluding hydrogens is 460 g/mol. The summed E-state index contributed by atoms with van der Waals surface area (Å²) in [7, 11) is 0. The number of aliphatic hydroxyl groups excluding tert-OH is 2. The molecule has 8 heteroatoms. The molecule has 36 heavy (non-hydrogen) atoms. The van der Waals surface area contributed by atoms with Gasteiger partial charge in [0.2, 0.25) is 11.8 Å². The fourth-order valence-electron chi connectivity index (χ4n) is 5.93. The van der Waals surface area contributed by atoms with E-state index >= 15 is 0 Å². The molecule has 2 aliphatic carbocycles. The minimum Gasteiger partial charge on any atom is -0.486 e. The maximum absolute atomic E-state index is 13.6. The molecule has 0 bridgehead atoms. The molecule has 0 radical (unpaired) electrons. The van der Waals surface area contributed by atoms with E-state index in [1.54, 1.807) is 11.0 Å². The first kappa shape index (κ1) is 26.4. The molecule has 8 nitrogen and oxygen atoms in total. The van der Waals surface area contributed by atoms with Crippen molar-refractivity contribution in [3.8, 4) is 5.75 Å². The molecule has 3 N–H and O–H groups in total. The summed E-state index contributed by atoms with van der Waals surface area (Å²) in [6.07, 6.45) is 6.97. The Kier molecular flexibility index (Phi) is 8.80. The van der Waals surface area contributed by atoms with Crippen molar-refractivity contribution in [3.63, 3.8) is 0 Å². The molecule has 0 saturated heterocycles. The second-order valence-electron chi connectivity index (χ2n) is 10.2. The summed E-state index contributed by atoms with van der Waals surface area (Å²) in [5.74, 6) is -0.227.